The monoisotopic (exact) mass is 404 g/mol. The normalized spacial score (nSPS) is 17.0. The van der Waals surface area contributed by atoms with Crippen LogP contribution in [-0.4, -0.2) is 24.9 Å². The van der Waals surface area contributed by atoms with E-state index in [9.17, 15) is 14.0 Å². The molecule has 130 valence electrons. The van der Waals surface area contributed by atoms with Gasteiger partial charge in [-0.25, -0.2) is 4.39 Å². The summed E-state index contributed by atoms with van der Waals surface area (Å²) in [6.07, 6.45) is 0.622. The van der Waals surface area contributed by atoms with Crippen LogP contribution < -0.4 is 10.2 Å². The van der Waals surface area contributed by atoms with Gasteiger partial charge in [-0.2, -0.15) is 0 Å². The van der Waals surface area contributed by atoms with Crippen LogP contribution in [0.3, 0.4) is 0 Å². The third-order valence-electron chi connectivity index (χ3n) is 4.29. The molecule has 1 fully saturated rings. The Bertz CT molecular complexity index is 779. The van der Waals surface area contributed by atoms with E-state index in [0.717, 1.165) is 10.2 Å². The SMILES string of the molecule is O=C(NCCc1ccccc1F)[C@@H]1CC(=O)N(c2ccc(Br)cc2)C1. The summed E-state index contributed by atoms with van der Waals surface area (Å²) in [5.74, 6) is -0.869. The molecule has 0 aliphatic carbocycles. The van der Waals surface area contributed by atoms with Crippen LogP contribution in [0.4, 0.5) is 10.1 Å². The molecule has 2 aromatic rings. The topological polar surface area (TPSA) is 49.4 Å². The fourth-order valence-corrected chi connectivity index (χ4v) is 3.18. The molecule has 0 aromatic heterocycles. The zero-order valence-corrected chi connectivity index (χ0v) is 15.1. The van der Waals surface area contributed by atoms with Gasteiger partial charge in [0.25, 0.3) is 0 Å². The largest absolute Gasteiger partial charge is 0.355 e. The van der Waals surface area contributed by atoms with Crippen LogP contribution in [0.25, 0.3) is 0 Å². The molecule has 6 heteroatoms. The molecular formula is C19H18BrFN2O2. The number of amides is 2. The van der Waals surface area contributed by atoms with E-state index in [-0.39, 0.29) is 30.0 Å². The summed E-state index contributed by atoms with van der Waals surface area (Å²) in [7, 11) is 0. The first-order valence-electron chi connectivity index (χ1n) is 8.11. The van der Waals surface area contributed by atoms with Crippen molar-refractivity contribution in [1.82, 2.24) is 5.32 Å². The highest BCUT2D eigenvalue weighted by atomic mass is 79.9. The summed E-state index contributed by atoms with van der Waals surface area (Å²) in [4.78, 5) is 26.1. The second-order valence-electron chi connectivity index (χ2n) is 6.01. The molecule has 0 saturated carbocycles. The highest BCUT2D eigenvalue weighted by Gasteiger charge is 2.34. The van der Waals surface area contributed by atoms with Gasteiger partial charge in [-0.1, -0.05) is 34.1 Å². The fraction of sp³-hybridized carbons (Fsp3) is 0.263. The Morgan fingerprint density at radius 3 is 2.64 bits per heavy atom. The van der Waals surface area contributed by atoms with Gasteiger partial charge in [0.15, 0.2) is 0 Å². The summed E-state index contributed by atoms with van der Waals surface area (Å²) in [5.41, 5.74) is 1.36. The smallest absolute Gasteiger partial charge is 0.227 e. The highest BCUT2D eigenvalue weighted by molar-refractivity contribution is 9.10. The standard InChI is InChI=1S/C19H18BrFN2O2/c20-15-5-7-16(8-6-15)23-12-14(11-18(23)24)19(25)22-10-9-13-3-1-2-4-17(13)21/h1-8,14H,9-12H2,(H,22,25)/t14-/m1/s1. The molecule has 1 saturated heterocycles. The minimum absolute atomic E-state index is 0.0587. The van der Waals surface area contributed by atoms with E-state index in [1.807, 2.05) is 24.3 Å². The number of hydrogen-bond acceptors (Lipinski definition) is 2. The summed E-state index contributed by atoms with van der Waals surface area (Å²) in [5, 5.41) is 2.81. The highest BCUT2D eigenvalue weighted by Crippen LogP contribution is 2.26. The number of nitrogens with zero attached hydrogens (tertiary/aromatic N) is 1. The number of hydrogen-bond donors (Lipinski definition) is 1. The van der Waals surface area contributed by atoms with Crippen LogP contribution in [0, 0.1) is 11.7 Å². The Kier molecular flexibility index (Phi) is 5.48. The van der Waals surface area contributed by atoms with Crippen LogP contribution in [0.2, 0.25) is 0 Å². The molecule has 2 amide bonds. The Hall–Kier alpha value is -2.21. The van der Waals surface area contributed by atoms with E-state index >= 15 is 0 Å². The molecule has 25 heavy (non-hydrogen) atoms. The van der Waals surface area contributed by atoms with Gasteiger partial charge in [0.2, 0.25) is 11.8 Å². The predicted octanol–water partition coefficient (Wildman–Crippen LogP) is 3.30. The average Bonchev–Trinajstić information content (AvgIpc) is 2.99. The van der Waals surface area contributed by atoms with Gasteiger partial charge in [0, 0.05) is 29.7 Å². The van der Waals surface area contributed by atoms with Crippen molar-refractivity contribution in [3.05, 3.63) is 64.4 Å². The van der Waals surface area contributed by atoms with Crippen LogP contribution >= 0.6 is 15.9 Å². The van der Waals surface area contributed by atoms with Crippen molar-refractivity contribution in [3.63, 3.8) is 0 Å². The maximum absolute atomic E-state index is 13.6. The van der Waals surface area contributed by atoms with Gasteiger partial charge in [-0.05, 0) is 42.3 Å². The average molecular weight is 405 g/mol. The summed E-state index contributed by atoms with van der Waals surface area (Å²) in [6.45, 7) is 0.717. The number of halogens is 2. The van der Waals surface area contributed by atoms with Crippen LogP contribution in [0.5, 0.6) is 0 Å². The minimum atomic E-state index is -0.378. The lowest BCUT2D eigenvalue weighted by molar-refractivity contribution is -0.126. The van der Waals surface area contributed by atoms with Crippen molar-refractivity contribution < 1.29 is 14.0 Å². The van der Waals surface area contributed by atoms with E-state index in [0.29, 0.717) is 25.1 Å². The molecular weight excluding hydrogens is 387 g/mol. The number of carbonyl (C=O) groups excluding carboxylic acids is 2. The maximum atomic E-state index is 13.6. The lowest BCUT2D eigenvalue weighted by Crippen LogP contribution is -2.34. The molecule has 0 spiro atoms. The summed E-state index contributed by atoms with van der Waals surface area (Å²) < 4.78 is 14.5. The zero-order valence-electron chi connectivity index (χ0n) is 13.5. The van der Waals surface area contributed by atoms with Crippen molar-refractivity contribution in [2.24, 2.45) is 5.92 Å². The maximum Gasteiger partial charge on any atom is 0.227 e. The Labute approximate surface area is 154 Å². The van der Waals surface area contributed by atoms with E-state index < -0.39 is 0 Å². The Morgan fingerprint density at radius 1 is 1.20 bits per heavy atom. The van der Waals surface area contributed by atoms with Gasteiger partial charge in [0.05, 0.1) is 5.92 Å². The molecule has 2 aromatic carbocycles. The third kappa shape index (κ3) is 4.25. The first-order valence-corrected chi connectivity index (χ1v) is 8.91. The summed E-state index contributed by atoms with van der Waals surface area (Å²) >= 11 is 3.36. The van der Waals surface area contributed by atoms with Gasteiger partial charge in [-0.3, -0.25) is 9.59 Å². The van der Waals surface area contributed by atoms with Crippen molar-refractivity contribution in [2.45, 2.75) is 12.8 Å². The van der Waals surface area contributed by atoms with E-state index in [4.69, 9.17) is 0 Å². The number of rotatable bonds is 5. The molecule has 1 heterocycles. The molecule has 0 bridgehead atoms. The van der Waals surface area contributed by atoms with Crippen molar-refractivity contribution >= 4 is 33.4 Å². The molecule has 1 N–H and O–H groups in total. The van der Waals surface area contributed by atoms with Crippen LogP contribution in [-0.2, 0) is 16.0 Å². The first-order chi connectivity index (χ1) is 12.0. The molecule has 1 aliphatic heterocycles. The summed E-state index contributed by atoms with van der Waals surface area (Å²) in [6, 6.07) is 13.9. The molecule has 0 radical (unpaired) electrons. The van der Waals surface area contributed by atoms with Crippen LogP contribution in [0.1, 0.15) is 12.0 Å². The number of benzene rings is 2. The molecule has 4 nitrogen and oxygen atoms in total. The van der Waals surface area contributed by atoms with Gasteiger partial charge in [0.1, 0.15) is 5.82 Å². The first kappa shape index (κ1) is 17.6. The van der Waals surface area contributed by atoms with Crippen molar-refractivity contribution in [2.75, 3.05) is 18.0 Å². The van der Waals surface area contributed by atoms with Crippen molar-refractivity contribution in [1.29, 1.82) is 0 Å². The predicted molar refractivity (Wildman–Crippen MR) is 97.7 cm³/mol. The van der Waals surface area contributed by atoms with Crippen LogP contribution in [0.15, 0.2) is 53.0 Å². The van der Waals surface area contributed by atoms with Gasteiger partial charge in [-0.15, -0.1) is 0 Å². The number of anilines is 1. The molecule has 3 rings (SSSR count). The lowest BCUT2D eigenvalue weighted by Gasteiger charge is -2.16. The van der Waals surface area contributed by atoms with E-state index in [2.05, 4.69) is 21.2 Å². The quantitative estimate of drug-likeness (QED) is 0.830. The molecule has 1 atom stereocenters. The molecule has 0 unspecified atom stereocenters. The zero-order chi connectivity index (χ0) is 17.8. The lowest BCUT2D eigenvalue weighted by atomic mass is 10.1. The minimum Gasteiger partial charge on any atom is -0.355 e. The van der Waals surface area contributed by atoms with Crippen molar-refractivity contribution in [3.8, 4) is 0 Å². The van der Waals surface area contributed by atoms with Gasteiger partial charge < -0.3 is 10.2 Å². The second kappa shape index (κ2) is 7.78. The van der Waals surface area contributed by atoms with E-state index in [1.54, 1.807) is 23.1 Å². The fourth-order valence-electron chi connectivity index (χ4n) is 2.92. The second-order valence-corrected chi connectivity index (χ2v) is 6.93. The molecule has 1 aliphatic rings. The van der Waals surface area contributed by atoms with E-state index in [1.165, 1.54) is 6.07 Å². The number of nitrogens with one attached hydrogen (secondary N) is 1. The Balaban J connectivity index is 1.54. The Morgan fingerprint density at radius 2 is 1.92 bits per heavy atom. The third-order valence-corrected chi connectivity index (χ3v) is 4.81. The van der Waals surface area contributed by atoms with Gasteiger partial charge >= 0.3 is 0 Å². The number of carbonyl (C=O) groups is 2.